The van der Waals surface area contributed by atoms with Crippen molar-refractivity contribution in [3.8, 4) is 5.75 Å². The van der Waals surface area contributed by atoms with Crippen LogP contribution in [0.4, 0.5) is 5.69 Å². The Hall–Kier alpha value is -2.07. The first-order valence-corrected chi connectivity index (χ1v) is 10.1. The molecule has 0 unspecified atom stereocenters. The molecule has 0 radical (unpaired) electrons. The number of hydrogen-bond acceptors (Lipinski definition) is 3. The lowest BCUT2D eigenvalue weighted by Crippen LogP contribution is -2.45. The molecule has 4 heteroatoms. The summed E-state index contributed by atoms with van der Waals surface area (Å²) in [6.45, 7) is 9.52. The number of hydrogen-bond donors (Lipinski definition) is 1. The van der Waals surface area contributed by atoms with Crippen LogP contribution in [0.1, 0.15) is 47.0 Å². The average Bonchev–Trinajstić information content (AvgIpc) is 3.51. The van der Waals surface area contributed by atoms with Gasteiger partial charge in [-0.25, -0.2) is 0 Å². The fourth-order valence-corrected chi connectivity index (χ4v) is 3.33. The fraction of sp³-hybridized carbons (Fsp3) is 0.522. The van der Waals surface area contributed by atoms with E-state index in [1.54, 1.807) is 0 Å². The van der Waals surface area contributed by atoms with Crippen LogP contribution in [0.3, 0.4) is 0 Å². The summed E-state index contributed by atoms with van der Waals surface area (Å²) in [5.41, 5.74) is 0.0451. The molecule has 2 aromatic rings. The van der Waals surface area contributed by atoms with E-state index in [1.165, 1.54) is 0 Å². The maximum atomic E-state index is 13.1. The molecule has 1 aliphatic carbocycles. The Morgan fingerprint density at radius 1 is 1.19 bits per heavy atom. The summed E-state index contributed by atoms with van der Waals surface area (Å²) in [4.78, 5) is 13.1. The Labute approximate surface area is 162 Å². The number of rotatable bonds is 9. The third kappa shape index (κ3) is 4.44. The van der Waals surface area contributed by atoms with E-state index < -0.39 is 5.60 Å². The van der Waals surface area contributed by atoms with Gasteiger partial charge in [-0.3, -0.25) is 4.79 Å². The lowest BCUT2D eigenvalue weighted by atomic mass is 9.98. The summed E-state index contributed by atoms with van der Waals surface area (Å²) < 4.78 is 12.0. The first kappa shape index (κ1) is 19.7. The minimum atomic E-state index is -0.760. The molecular formula is C23H31NO3. The Balaban J connectivity index is 1.86. The highest BCUT2D eigenvalue weighted by atomic mass is 16.5. The summed E-state index contributed by atoms with van der Waals surface area (Å²) in [6.07, 6.45) is 3.01. The summed E-state index contributed by atoms with van der Waals surface area (Å²) in [6, 6.07) is 11.9. The number of benzene rings is 2. The quantitative estimate of drug-likeness (QED) is 0.643. The molecule has 3 rings (SSSR count). The van der Waals surface area contributed by atoms with Gasteiger partial charge in [-0.15, -0.1) is 0 Å². The van der Waals surface area contributed by atoms with Gasteiger partial charge in [-0.2, -0.15) is 0 Å². The molecule has 146 valence electrons. The molecule has 27 heavy (non-hydrogen) atoms. The van der Waals surface area contributed by atoms with Crippen molar-refractivity contribution in [3.63, 3.8) is 0 Å². The Morgan fingerprint density at radius 3 is 2.52 bits per heavy atom. The van der Waals surface area contributed by atoms with Crippen molar-refractivity contribution in [2.75, 3.05) is 18.5 Å². The predicted octanol–water partition coefficient (Wildman–Crippen LogP) is 5.41. The van der Waals surface area contributed by atoms with E-state index in [1.807, 2.05) is 43.3 Å². The molecule has 0 aliphatic heterocycles. The van der Waals surface area contributed by atoms with Crippen LogP contribution in [0, 0.1) is 11.8 Å². The number of fused-ring (bicyclic) bond motifs is 1. The summed E-state index contributed by atoms with van der Waals surface area (Å²) in [5.74, 6) is 1.56. The average molecular weight is 370 g/mol. The van der Waals surface area contributed by atoms with Gasteiger partial charge in [0.2, 0.25) is 0 Å². The second-order valence-electron chi connectivity index (χ2n) is 8.05. The maximum Gasteiger partial charge on any atom is 0.256 e. The molecule has 4 nitrogen and oxygen atoms in total. The van der Waals surface area contributed by atoms with Crippen molar-refractivity contribution in [2.24, 2.45) is 11.8 Å². The lowest BCUT2D eigenvalue weighted by molar-refractivity contribution is -0.142. The molecule has 0 bridgehead atoms. The van der Waals surface area contributed by atoms with Gasteiger partial charge in [-0.05, 0) is 50.2 Å². The zero-order chi connectivity index (χ0) is 19.4. The van der Waals surface area contributed by atoms with Gasteiger partial charge >= 0.3 is 0 Å². The Morgan fingerprint density at radius 2 is 1.89 bits per heavy atom. The fourth-order valence-electron chi connectivity index (χ4n) is 3.33. The van der Waals surface area contributed by atoms with Crippen molar-refractivity contribution >= 4 is 22.4 Å². The smallest absolute Gasteiger partial charge is 0.256 e. The lowest BCUT2D eigenvalue weighted by Gasteiger charge is -2.29. The molecule has 1 atom stereocenters. The van der Waals surface area contributed by atoms with Gasteiger partial charge in [0.05, 0.1) is 6.61 Å². The molecule has 1 fully saturated rings. The summed E-state index contributed by atoms with van der Waals surface area (Å²) in [7, 11) is 0. The maximum absolute atomic E-state index is 13.1. The summed E-state index contributed by atoms with van der Waals surface area (Å²) >= 11 is 0. The standard InChI is InChI=1S/C23H31NO3/c1-5-14-27-23(4,17-10-11-17)22(25)24-20-12-13-21(26-15-16(2)3)19-9-7-6-8-18(19)20/h6-9,12-13,16-17H,5,10-11,14-15H2,1-4H3,(H,24,25)/t23-/m0/s1. The third-order valence-corrected chi connectivity index (χ3v) is 5.12. The molecule has 1 aliphatic rings. The van der Waals surface area contributed by atoms with Gasteiger partial charge in [0.1, 0.15) is 11.4 Å². The molecule has 1 amide bonds. The van der Waals surface area contributed by atoms with Gasteiger partial charge < -0.3 is 14.8 Å². The molecule has 0 spiro atoms. The topological polar surface area (TPSA) is 47.6 Å². The van der Waals surface area contributed by atoms with Crippen LogP contribution in [0.25, 0.3) is 10.8 Å². The number of nitrogens with one attached hydrogen (secondary N) is 1. The SMILES string of the molecule is CCCO[C@](C)(C(=O)Nc1ccc(OCC(C)C)c2ccccc12)C1CC1. The largest absolute Gasteiger partial charge is 0.493 e. The van der Waals surface area contributed by atoms with Crippen LogP contribution in [0.15, 0.2) is 36.4 Å². The van der Waals surface area contributed by atoms with E-state index in [0.29, 0.717) is 25.0 Å². The van der Waals surface area contributed by atoms with Crippen molar-refractivity contribution < 1.29 is 14.3 Å². The van der Waals surface area contributed by atoms with E-state index >= 15 is 0 Å². The van der Waals surface area contributed by atoms with E-state index in [0.717, 1.165) is 41.5 Å². The Kier molecular flexibility index (Phi) is 6.05. The zero-order valence-electron chi connectivity index (χ0n) is 16.9. The number of carbonyl (C=O) groups is 1. The number of amides is 1. The van der Waals surface area contributed by atoms with Gasteiger partial charge in [0.25, 0.3) is 5.91 Å². The second kappa shape index (κ2) is 8.30. The second-order valence-corrected chi connectivity index (χ2v) is 8.05. The van der Waals surface area contributed by atoms with Crippen molar-refractivity contribution in [3.05, 3.63) is 36.4 Å². The molecule has 2 aromatic carbocycles. The van der Waals surface area contributed by atoms with E-state index in [-0.39, 0.29) is 5.91 Å². The predicted molar refractivity (Wildman–Crippen MR) is 110 cm³/mol. The van der Waals surface area contributed by atoms with Gasteiger partial charge in [-0.1, -0.05) is 45.0 Å². The zero-order valence-corrected chi connectivity index (χ0v) is 16.9. The first-order chi connectivity index (χ1) is 13.0. The van der Waals surface area contributed by atoms with Crippen molar-refractivity contribution in [2.45, 2.75) is 52.6 Å². The molecular weight excluding hydrogens is 338 g/mol. The highest BCUT2D eigenvalue weighted by Crippen LogP contribution is 2.43. The van der Waals surface area contributed by atoms with Crippen LogP contribution in [-0.4, -0.2) is 24.7 Å². The molecule has 0 aromatic heterocycles. The normalized spacial score (nSPS) is 16.3. The van der Waals surface area contributed by atoms with Gasteiger partial charge in [0.15, 0.2) is 0 Å². The van der Waals surface area contributed by atoms with Crippen molar-refractivity contribution in [1.29, 1.82) is 0 Å². The minimum absolute atomic E-state index is 0.0561. The number of ether oxygens (including phenoxy) is 2. The minimum Gasteiger partial charge on any atom is -0.493 e. The van der Waals surface area contributed by atoms with Crippen molar-refractivity contribution in [1.82, 2.24) is 0 Å². The highest BCUT2D eigenvalue weighted by Gasteiger charge is 2.48. The van der Waals surface area contributed by atoms with E-state index in [2.05, 4.69) is 26.1 Å². The van der Waals surface area contributed by atoms with Crippen LogP contribution in [0.2, 0.25) is 0 Å². The van der Waals surface area contributed by atoms with Gasteiger partial charge in [0, 0.05) is 23.1 Å². The monoisotopic (exact) mass is 369 g/mol. The van der Waals surface area contributed by atoms with Crippen LogP contribution in [-0.2, 0) is 9.53 Å². The molecule has 0 heterocycles. The third-order valence-electron chi connectivity index (χ3n) is 5.12. The summed E-state index contributed by atoms with van der Waals surface area (Å²) in [5, 5.41) is 5.13. The van der Waals surface area contributed by atoms with E-state index in [9.17, 15) is 4.79 Å². The molecule has 1 N–H and O–H groups in total. The van der Waals surface area contributed by atoms with Crippen LogP contribution in [0.5, 0.6) is 5.75 Å². The van der Waals surface area contributed by atoms with E-state index in [4.69, 9.17) is 9.47 Å². The number of carbonyl (C=O) groups excluding carboxylic acids is 1. The Bertz CT molecular complexity index is 797. The highest BCUT2D eigenvalue weighted by molar-refractivity contribution is 6.06. The number of anilines is 1. The van der Waals surface area contributed by atoms with Crippen LogP contribution < -0.4 is 10.1 Å². The molecule has 0 saturated heterocycles. The molecule has 1 saturated carbocycles. The van der Waals surface area contributed by atoms with Crippen LogP contribution >= 0.6 is 0 Å². The first-order valence-electron chi connectivity index (χ1n) is 10.1.